The van der Waals surface area contributed by atoms with Crippen LogP contribution in [0.3, 0.4) is 0 Å². The SMILES string of the molecule is OCC(Nc1nc(Cl)nc2[nH]ncc12)c1ccccc1. The number of H-pyrrole nitrogens is 1. The Hall–Kier alpha value is -2.18. The molecule has 3 N–H and O–H groups in total. The molecule has 7 heteroatoms. The number of rotatable bonds is 4. The van der Waals surface area contributed by atoms with Crippen LogP contribution in [0.15, 0.2) is 36.5 Å². The zero-order valence-electron chi connectivity index (χ0n) is 10.4. The molecule has 0 aliphatic rings. The van der Waals surface area contributed by atoms with Gasteiger partial charge in [-0.3, -0.25) is 5.10 Å². The monoisotopic (exact) mass is 289 g/mol. The zero-order valence-corrected chi connectivity index (χ0v) is 11.2. The van der Waals surface area contributed by atoms with Crippen LogP contribution in [-0.4, -0.2) is 31.9 Å². The van der Waals surface area contributed by atoms with Gasteiger partial charge >= 0.3 is 0 Å². The molecule has 0 radical (unpaired) electrons. The minimum Gasteiger partial charge on any atom is -0.394 e. The van der Waals surface area contributed by atoms with E-state index in [9.17, 15) is 5.11 Å². The number of anilines is 1. The summed E-state index contributed by atoms with van der Waals surface area (Å²) in [4.78, 5) is 8.19. The van der Waals surface area contributed by atoms with Gasteiger partial charge in [-0.05, 0) is 17.2 Å². The molecule has 2 heterocycles. The fourth-order valence-electron chi connectivity index (χ4n) is 2.00. The smallest absolute Gasteiger partial charge is 0.226 e. The fraction of sp³-hybridized carbons (Fsp3) is 0.154. The van der Waals surface area contributed by atoms with Gasteiger partial charge in [0, 0.05) is 0 Å². The van der Waals surface area contributed by atoms with E-state index in [1.165, 1.54) is 0 Å². The summed E-state index contributed by atoms with van der Waals surface area (Å²) in [6, 6.07) is 9.35. The molecule has 0 saturated heterocycles. The minimum absolute atomic E-state index is 0.0645. The van der Waals surface area contributed by atoms with Gasteiger partial charge in [0.25, 0.3) is 0 Å². The van der Waals surface area contributed by atoms with Crippen molar-refractivity contribution >= 4 is 28.5 Å². The number of halogens is 1. The predicted octanol–water partition coefficient (Wildman–Crippen LogP) is 2.15. The topological polar surface area (TPSA) is 86.7 Å². The standard InChI is InChI=1S/C13H12ClN5O/c14-13-17-11(9-6-15-19-12(9)18-13)16-10(7-20)8-4-2-1-3-5-8/h1-6,10,20H,7H2,(H2,15,16,17,18,19). The Balaban J connectivity index is 1.97. The number of aromatic amines is 1. The molecule has 1 unspecified atom stereocenters. The molecule has 6 nitrogen and oxygen atoms in total. The van der Waals surface area contributed by atoms with Crippen molar-refractivity contribution in [3.05, 3.63) is 47.4 Å². The first-order valence-electron chi connectivity index (χ1n) is 6.07. The molecule has 1 atom stereocenters. The summed E-state index contributed by atoms with van der Waals surface area (Å²) in [6.07, 6.45) is 1.62. The van der Waals surface area contributed by atoms with Crippen molar-refractivity contribution in [2.24, 2.45) is 0 Å². The molecule has 0 aliphatic carbocycles. The lowest BCUT2D eigenvalue weighted by atomic mass is 10.1. The molecule has 0 fully saturated rings. The van der Waals surface area contributed by atoms with Crippen LogP contribution in [0.4, 0.5) is 5.82 Å². The van der Waals surface area contributed by atoms with Crippen LogP contribution in [0.5, 0.6) is 0 Å². The number of nitrogens with zero attached hydrogens (tertiary/aromatic N) is 3. The third kappa shape index (κ3) is 2.43. The first-order chi connectivity index (χ1) is 9.78. The maximum Gasteiger partial charge on any atom is 0.226 e. The molecule has 1 aromatic carbocycles. The number of fused-ring (bicyclic) bond motifs is 1. The second-order valence-electron chi connectivity index (χ2n) is 4.26. The van der Waals surface area contributed by atoms with Gasteiger partial charge in [-0.1, -0.05) is 30.3 Å². The van der Waals surface area contributed by atoms with Gasteiger partial charge in [-0.25, -0.2) is 0 Å². The third-order valence-corrected chi connectivity index (χ3v) is 3.15. The summed E-state index contributed by atoms with van der Waals surface area (Å²) in [5, 5.41) is 20.2. The molecular formula is C13H12ClN5O. The first kappa shape index (κ1) is 12.8. The van der Waals surface area contributed by atoms with Crippen LogP contribution in [0.25, 0.3) is 11.0 Å². The Morgan fingerprint density at radius 1 is 1.25 bits per heavy atom. The van der Waals surface area contributed by atoms with Crippen LogP contribution in [0, 0.1) is 0 Å². The number of aliphatic hydroxyl groups is 1. The van der Waals surface area contributed by atoms with Crippen molar-refractivity contribution in [2.75, 3.05) is 11.9 Å². The molecule has 0 aliphatic heterocycles. The van der Waals surface area contributed by atoms with Crippen LogP contribution >= 0.6 is 11.6 Å². The molecular weight excluding hydrogens is 278 g/mol. The number of nitrogens with one attached hydrogen (secondary N) is 2. The van der Waals surface area contributed by atoms with Crippen molar-refractivity contribution in [1.29, 1.82) is 0 Å². The van der Waals surface area contributed by atoms with Crippen molar-refractivity contribution in [1.82, 2.24) is 20.2 Å². The van der Waals surface area contributed by atoms with Crippen LogP contribution in [-0.2, 0) is 0 Å². The number of aromatic nitrogens is 4. The third-order valence-electron chi connectivity index (χ3n) is 2.98. The lowest BCUT2D eigenvalue weighted by molar-refractivity contribution is 0.276. The maximum absolute atomic E-state index is 9.57. The zero-order chi connectivity index (χ0) is 13.9. The Bertz CT molecular complexity index is 715. The Kier molecular flexibility index (Phi) is 3.49. The van der Waals surface area contributed by atoms with Gasteiger partial charge in [0.2, 0.25) is 5.28 Å². The highest BCUT2D eigenvalue weighted by Crippen LogP contribution is 2.24. The summed E-state index contributed by atoms with van der Waals surface area (Å²) in [7, 11) is 0. The minimum atomic E-state index is -0.278. The van der Waals surface area contributed by atoms with Gasteiger partial charge in [0.1, 0.15) is 5.82 Å². The van der Waals surface area contributed by atoms with Gasteiger partial charge < -0.3 is 10.4 Å². The van der Waals surface area contributed by atoms with Crippen molar-refractivity contribution in [3.8, 4) is 0 Å². The molecule has 0 amide bonds. The number of hydrogen-bond acceptors (Lipinski definition) is 5. The molecule has 3 rings (SSSR count). The lowest BCUT2D eigenvalue weighted by Gasteiger charge is -2.17. The second kappa shape index (κ2) is 5.44. The van der Waals surface area contributed by atoms with E-state index < -0.39 is 0 Å². The second-order valence-corrected chi connectivity index (χ2v) is 4.60. The van der Waals surface area contributed by atoms with E-state index in [1.54, 1.807) is 6.20 Å². The average Bonchev–Trinajstić information content (AvgIpc) is 2.93. The van der Waals surface area contributed by atoms with Gasteiger partial charge in [-0.2, -0.15) is 15.1 Å². The molecule has 102 valence electrons. The van der Waals surface area contributed by atoms with Crippen molar-refractivity contribution in [2.45, 2.75) is 6.04 Å². The largest absolute Gasteiger partial charge is 0.394 e. The van der Waals surface area contributed by atoms with E-state index >= 15 is 0 Å². The lowest BCUT2D eigenvalue weighted by Crippen LogP contribution is -2.16. The quantitative estimate of drug-likeness (QED) is 0.641. The predicted molar refractivity (Wildman–Crippen MR) is 76.6 cm³/mol. The van der Waals surface area contributed by atoms with E-state index in [4.69, 9.17) is 11.6 Å². The van der Waals surface area contributed by atoms with Gasteiger partial charge in [-0.15, -0.1) is 0 Å². The van der Waals surface area contributed by atoms with Crippen LogP contribution < -0.4 is 5.32 Å². The van der Waals surface area contributed by atoms with Crippen molar-refractivity contribution < 1.29 is 5.11 Å². The fourth-order valence-corrected chi connectivity index (χ4v) is 2.17. The Morgan fingerprint density at radius 2 is 2.05 bits per heavy atom. The summed E-state index contributed by atoms with van der Waals surface area (Å²) < 4.78 is 0. The van der Waals surface area contributed by atoms with E-state index in [0.29, 0.717) is 11.5 Å². The average molecular weight is 290 g/mol. The van der Waals surface area contributed by atoms with Crippen molar-refractivity contribution in [3.63, 3.8) is 0 Å². The highest BCUT2D eigenvalue weighted by Gasteiger charge is 2.14. The summed E-state index contributed by atoms with van der Waals surface area (Å²) in [6.45, 7) is -0.0645. The number of hydrogen-bond donors (Lipinski definition) is 3. The summed E-state index contributed by atoms with van der Waals surface area (Å²) in [5.41, 5.74) is 1.51. The molecule has 2 aromatic heterocycles. The Labute approximate surface area is 119 Å². The van der Waals surface area contributed by atoms with Gasteiger partial charge in [0.05, 0.1) is 24.2 Å². The van der Waals surface area contributed by atoms with E-state index in [1.807, 2.05) is 30.3 Å². The molecule has 0 spiro atoms. The highest BCUT2D eigenvalue weighted by atomic mass is 35.5. The molecule has 20 heavy (non-hydrogen) atoms. The highest BCUT2D eigenvalue weighted by molar-refractivity contribution is 6.28. The maximum atomic E-state index is 9.57. The molecule has 0 saturated carbocycles. The normalized spacial score (nSPS) is 12.5. The van der Waals surface area contributed by atoms with E-state index in [-0.39, 0.29) is 17.9 Å². The number of aliphatic hydroxyl groups excluding tert-OH is 1. The summed E-state index contributed by atoms with van der Waals surface area (Å²) >= 11 is 5.88. The summed E-state index contributed by atoms with van der Waals surface area (Å²) in [5.74, 6) is 0.539. The van der Waals surface area contributed by atoms with E-state index in [0.717, 1.165) is 10.9 Å². The first-order valence-corrected chi connectivity index (χ1v) is 6.44. The molecule has 3 aromatic rings. The van der Waals surface area contributed by atoms with Gasteiger partial charge in [0.15, 0.2) is 5.65 Å². The van der Waals surface area contributed by atoms with Crippen LogP contribution in [0.2, 0.25) is 5.28 Å². The van der Waals surface area contributed by atoms with Crippen LogP contribution in [0.1, 0.15) is 11.6 Å². The molecule has 0 bridgehead atoms. The number of benzene rings is 1. The Morgan fingerprint density at radius 3 is 2.80 bits per heavy atom. The van der Waals surface area contributed by atoms with E-state index in [2.05, 4.69) is 25.5 Å².